The molecule has 6 nitrogen and oxygen atoms in total. The average molecular weight is 296 g/mol. The minimum absolute atomic E-state index is 0.0447. The molecule has 21 heavy (non-hydrogen) atoms. The third kappa shape index (κ3) is 5.47. The lowest BCUT2D eigenvalue weighted by Crippen LogP contribution is -2.47. The van der Waals surface area contributed by atoms with E-state index < -0.39 is 5.60 Å². The maximum absolute atomic E-state index is 11.9. The Hall–Kier alpha value is -1.40. The van der Waals surface area contributed by atoms with Gasteiger partial charge >= 0.3 is 0 Å². The topological polar surface area (TPSA) is 70.4 Å². The number of hydrogen-bond donors (Lipinski definition) is 2. The Kier molecular flexibility index (Phi) is 5.92. The van der Waals surface area contributed by atoms with Crippen molar-refractivity contribution in [3.05, 3.63) is 17.0 Å². The van der Waals surface area contributed by atoms with Crippen molar-refractivity contribution >= 4 is 5.91 Å². The van der Waals surface area contributed by atoms with E-state index in [9.17, 15) is 9.90 Å². The van der Waals surface area contributed by atoms with Gasteiger partial charge in [0.2, 0.25) is 5.91 Å². The fourth-order valence-corrected chi connectivity index (χ4v) is 2.53. The van der Waals surface area contributed by atoms with E-state index in [1.54, 1.807) is 6.92 Å². The van der Waals surface area contributed by atoms with E-state index in [4.69, 9.17) is 0 Å². The van der Waals surface area contributed by atoms with Crippen LogP contribution in [0.15, 0.2) is 0 Å². The average Bonchev–Trinajstić information content (AvgIpc) is 2.57. The first-order valence-corrected chi connectivity index (χ1v) is 7.25. The van der Waals surface area contributed by atoms with E-state index in [2.05, 4.69) is 10.4 Å². The third-order valence-electron chi connectivity index (χ3n) is 3.58. The van der Waals surface area contributed by atoms with Crippen LogP contribution in [0.4, 0.5) is 0 Å². The molecular formula is C15H28N4O2. The van der Waals surface area contributed by atoms with Gasteiger partial charge in [0.25, 0.3) is 0 Å². The maximum Gasteiger partial charge on any atom is 0.220 e. The van der Waals surface area contributed by atoms with E-state index >= 15 is 0 Å². The highest BCUT2D eigenvalue weighted by Crippen LogP contribution is 2.14. The molecule has 0 saturated carbocycles. The fraction of sp³-hybridized carbons (Fsp3) is 0.733. The molecule has 0 aliphatic heterocycles. The van der Waals surface area contributed by atoms with E-state index in [0.29, 0.717) is 19.4 Å². The number of amides is 1. The van der Waals surface area contributed by atoms with Crippen LogP contribution in [0.5, 0.6) is 0 Å². The second kappa shape index (κ2) is 7.04. The molecule has 120 valence electrons. The Morgan fingerprint density at radius 1 is 1.43 bits per heavy atom. The molecule has 6 heteroatoms. The zero-order chi connectivity index (χ0) is 16.2. The fourth-order valence-electron chi connectivity index (χ4n) is 2.53. The van der Waals surface area contributed by atoms with Crippen molar-refractivity contribution in [3.63, 3.8) is 0 Å². The Morgan fingerprint density at radius 2 is 2.05 bits per heavy atom. The molecule has 1 aromatic rings. The number of likely N-dealkylation sites (N-methyl/N-ethyl adjacent to an activating group) is 1. The molecule has 0 radical (unpaired) electrons. The molecule has 0 aliphatic carbocycles. The first kappa shape index (κ1) is 17.7. The van der Waals surface area contributed by atoms with E-state index in [1.807, 2.05) is 44.6 Å². The van der Waals surface area contributed by atoms with Crippen molar-refractivity contribution in [2.24, 2.45) is 7.05 Å². The van der Waals surface area contributed by atoms with Gasteiger partial charge in [-0.25, -0.2) is 0 Å². The summed E-state index contributed by atoms with van der Waals surface area (Å²) in [5, 5.41) is 17.3. The van der Waals surface area contributed by atoms with E-state index in [1.165, 1.54) is 0 Å². The van der Waals surface area contributed by atoms with Gasteiger partial charge < -0.3 is 15.3 Å². The highest BCUT2D eigenvalue weighted by Gasteiger charge is 2.22. The van der Waals surface area contributed by atoms with Crippen molar-refractivity contribution in [1.29, 1.82) is 0 Å². The van der Waals surface area contributed by atoms with Crippen molar-refractivity contribution in [1.82, 2.24) is 20.0 Å². The van der Waals surface area contributed by atoms with Crippen molar-refractivity contribution in [2.45, 2.75) is 39.2 Å². The number of hydrogen-bond acceptors (Lipinski definition) is 4. The van der Waals surface area contributed by atoms with Crippen LogP contribution in [0.3, 0.4) is 0 Å². The lowest BCUT2D eigenvalue weighted by atomic mass is 10.1. The molecule has 0 aromatic carbocycles. The van der Waals surface area contributed by atoms with Gasteiger partial charge in [0, 0.05) is 32.3 Å². The van der Waals surface area contributed by atoms with Crippen LogP contribution >= 0.6 is 0 Å². The molecular weight excluding hydrogens is 268 g/mol. The van der Waals surface area contributed by atoms with E-state index in [0.717, 1.165) is 17.0 Å². The van der Waals surface area contributed by atoms with Gasteiger partial charge in [0.15, 0.2) is 0 Å². The monoisotopic (exact) mass is 296 g/mol. The molecule has 0 spiro atoms. The SMILES string of the molecule is Cc1nn(C)c(C)c1CCC(=O)NCC(C)(O)CN(C)C. The smallest absolute Gasteiger partial charge is 0.220 e. The van der Waals surface area contributed by atoms with Gasteiger partial charge in [-0.3, -0.25) is 9.48 Å². The summed E-state index contributed by atoms with van der Waals surface area (Å²) < 4.78 is 1.84. The number of carbonyl (C=O) groups is 1. The summed E-state index contributed by atoms with van der Waals surface area (Å²) in [6.07, 6.45) is 1.08. The van der Waals surface area contributed by atoms with Gasteiger partial charge in [-0.05, 0) is 46.9 Å². The molecule has 0 aliphatic rings. The quantitative estimate of drug-likeness (QED) is 0.764. The summed E-state index contributed by atoms with van der Waals surface area (Å²) in [4.78, 5) is 13.8. The molecule has 1 amide bonds. The molecule has 1 aromatic heterocycles. The zero-order valence-electron chi connectivity index (χ0n) is 14.0. The Balaban J connectivity index is 2.44. The summed E-state index contributed by atoms with van der Waals surface area (Å²) in [6, 6.07) is 0. The van der Waals surface area contributed by atoms with Crippen LogP contribution in [0.1, 0.15) is 30.3 Å². The zero-order valence-corrected chi connectivity index (χ0v) is 14.0. The first-order valence-electron chi connectivity index (χ1n) is 7.25. The minimum atomic E-state index is -0.917. The van der Waals surface area contributed by atoms with Gasteiger partial charge in [-0.2, -0.15) is 5.10 Å². The van der Waals surface area contributed by atoms with Crippen molar-refractivity contribution < 1.29 is 9.90 Å². The van der Waals surface area contributed by atoms with Gasteiger partial charge in [0.05, 0.1) is 11.3 Å². The molecule has 0 bridgehead atoms. The molecule has 1 heterocycles. The third-order valence-corrected chi connectivity index (χ3v) is 3.58. The maximum atomic E-state index is 11.9. The van der Waals surface area contributed by atoms with E-state index in [-0.39, 0.29) is 12.5 Å². The van der Waals surface area contributed by atoms with Gasteiger partial charge in [-0.15, -0.1) is 0 Å². The van der Waals surface area contributed by atoms with Gasteiger partial charge in [-0.1, -0.05) is 0 Å². The highest BCUT2D eigenvalue weighted by atomic mass is 16.3. The number of rotatable bonds is 7. The van der Waals surface area contributed by atoms with Crippen molar-refractivity contribution in [3.8, 4) is 0 Å². The number of aromatic nitrogens is 2. The second-order valence-electron chi connectivity index (χ2n) is 6.28. The lowest BCUT2D eigenvalue weighted by molar-refractivity contribution is -0.122. The predicted molar refractivity (Wildman–Crippen MR) is 83.2 cm³/mol. The molecule has 1 unspecified atom stereocenters. The van der Waals surface area contributed by atoms with Crippen molar-refractivity contribution in [2.75, 3.05) is 27.2 Å². The van der Waals surface area contributed by atoms with Crippen LogP contribution in [-0.2, 0) is 18.3 Å². The summed E-state index contributed by atoms with van der Waals surface area (Å²) >= 11 is 0. The Bertz CT molecular complexity index is 492. The molecule has 2 N–H and O–H groups in total. The summed E-state index contributed by atoms with van der Waals surface area (Å²) in [6.45, 7) is 6.46. The molecule has 0 saturated heterocycles. The van der Waals surface area contributed by atoms with Crippen LogP contribution < -0.4 is 5.32 Å². The normalized spacial score (nSPS) is 14.3. The first-order chi connectivity index (χ1) is 9.62. The molecule has 0 fully saturated rings. The van der Waals surface area contributed by atoms with Crippen LogP contribution in [0.2, 0.25) is 0 Å². The second-order valence-corrected chi connectivity index (χ2v) is 6.28. The highest BCUT2D eigenvalue weighted by molar-refractivity contribution is 5.76. The minimum Gasteiger partial charge on any atom is -0.387 e. The summed E-state index contributed by atoms with van der Waals surface area (Å²) in [5.41, 5.74) is 2.29. The van der Waals surface area contributed by atoms with Gasteiger partial charge in [0.1, 0.15) is 0 Å². The van der Waals surface area contributed by atoms with Crippen LogP contribution in [0, 0.1) is 13.8 Å². The Labute approximate surface area is 127 Å². The number of nitrogens with one attached hydrogen (secondary N) is 1. The summed E-state index contributed by atoms with van der Waals surface area (Å²) in [7, 11) is 5.69. The molecule has 1 rings (SSSR count). The van der Waals surface area contributed by atoms with Crippen LogP contribution in [0.25, 0.3) is 0 Å². The standard InChI is InChI=1S/C15H28N4O2/c1-11-13(12(2)19(6)17-11)7-8-14(20)16-9-15(3,21)10-18(4)5/h21H,7-10H2,1-6H3,(H,16,20). The summed E-state index contributed by atoms with van der Waals surface area (Å²) in [5.74, 6) is -0.0447. The lowest BCUT2D eigenvalue weighted by Gasteiger charge is -2.27. The van der Waals surface area contributed by atoms with Crippen LogP contribution in [-0.4, -0.2) is 58.5 Å². The largest absolute Gasteiger partial charge is 0.387 e. The molecule has 1 atom stereocenters. The Morgan fingerprint density at radius 3 is 2.52 bits per heavy atom. The predicted octanol–water partition coefficient (Wildman–Crippen LogP) is 0.398. The number of carbonyl (C=O) groups excluding carboxylic acids is 1. The number of aryl methyl sites for hydroxylation is 2. The number of aliphatic hydroxyl groups is 1. The number of nitrogens with zero attached hydrogens (tertiary/aromatic N) is 3.